The van der Waals surface area contributed by atoms with Crippen molar-refractivity contribution in [3.8, 4) is 0 Å². The number of rotatable bonds is 4. The second-order valence-electron chi connectivity index (χ2n) is 3.68. The van der Waals surface area contributed by atoms with Crippen molar-refractivity contribution in [2.45, 2.75) is 25.2 Å². The van der Waals surface area contributed by atoms with E-state index in [1.54, 1.807) is 0 Å². The van der Waals surface area contributed by atoms with Gasteiger partial charge in [-0.3, -0.25) is 4.79 Å². The minimum Gasteiger partial charge on any atom is -0.481 e. The van der Waals surface area contributed by atoms with Gasteiger partial charge in [-0.15, -0.1) is 0 Å². The van der Waals surface area contributed by atoms with E-state index >= 15 is 0 Å². The minimum absolute atomic E-state index is 0.0544. The Kier molecular flexibility index (Phi) is 2.63. The summed E-state index contributed by atoms with van der Waals surface area (Å²) < 4.78 is 6.07. The van der Waals surface area contributed by atoms with Crippen LogP contribution in [0.1, 0.15) is 30.9 Å². The molecule has 1 unspecified atom stereocenters. The van der Waals surface area contributed by atoms with Crippen LogP contribution in [0.3, 0.4) is 0 Å². The molecule has 1 aliphatic carbocycles. The van der Waals surface area contributed by atoms with Gasteiger partial charge >= 0.3 is 5.97 Å². The van der Waals surface area contributed by atoms with Crippen molar-refractivity contribution in [2.75, 3.05) is 0 Å². The third-order valence-corrected chi connectivity index (χ3v) is 2.97. The lowest BCUT2D eigenvalue weighted by Gasteiger charge is -2.09. The van der Waals surface area contributed by atoms with E-state index in [0.29, 0.717) is 10.6 Å². The zero-order chi connectivity index (χ0) is 10.1. The van der Waals surface area contributed by atoms with Crippen molar-refractivity contribution in [2.24, 2.45) is 5.92 Å². The molecular formula is C10H11BrO3. The second-order valence-corrected chi connectivity index (χ2v) is 4.47. The molecule has 4 heteroatoms. The Morgan fingerprint density at radius 2 is 2.36 bits per heavy atom. The first-order chi connectivity index (χ1) is 6.66. The molecule has 1 atom stereocenters. The number of carboxylic acid groups (broad SMARTS) is 1. The van der Waals surface area contributed by atoms with Gasteiger partial charge < -0.3 is 9.52 Å². The SMILES string of the molecule is O=C(O)CC(c1ccc(Br)o1)C1CC1. The van der Waals surface area contributed by atoms with E-state index in [9.17, 15) is 4.79 Å². The van der Waals surface area contributed by atoms with Crippen LogP contribution in [0.5, 0.6) is 0 Å². The Bertz CT molecular complexity index is 341. The number of hydrogen-bond acceptors (Lipinski definition) is 2. The molecule has 0 bridgehead atoms. The average Bonchev–Trinajstić information content (AvgIpc) is 2.85. The van der Waals surface area contributed by atoms with E-state index in [1.807, 2.05) is 12.1 Å². The predicted octanol–water partition coefficient (Wildman–Crippen LogP) is 3.01. The smallest absolute Gasteiger partial charge is 0.304 e. The van der Waals surface area contributed by atoms with Crippen LogP contribution >= 0.6 is 15.9 Å². The monoisotopic (exact) mass is 258 g/mol. The van der Waals surface area contributed by atoms with Crippen LogP contribution in [-0.4, -0.2) is 11.1 Å². The van der Waals surface area contributed by atoms with Gasteiger partial charge in [-0.25, -0.2) is 0 Å². The Balaban J connectivity index is 2.13. The molecule has 1 aromatic heterocycles. The van der Waals surface area contributed by atoms with Crippen molar-refractivity contribution in [3.05, 3.63) is 22.6 Å². The highest BCUT2D eigenvalue weighted by Gasteiger charge is 2.35. The van der Waals surface area contributed by atoms with Gasteiger partial charge in [0, 0.05) is 5.92 Å². The number of carboxylic acids is 1. The molecule has 0 amide bonds. The highest BCUT2D eigenvalue weighted by atomic mass is 79.9. The van der Waals surface area contributed by atoms with Crippen LogP contribution in [0.15, 0.2) is 21.2 Å². The second kappa shape index (κ2) is 3.77. The summed E-state index contributed by atoms with van der Waals surface area (Å²) in [6.45, 7) is 0. The molecular weight excluding hydrogens is 248 g/mol. The summed E-state index contributed by atoms with van der Waals surface area (Å²) in [5, 5.41) is 8.78. The largest absolute Gasteiger partial charge is 0.481 e. The van der Waals surface area contributed by atoms with Crippen molar-refractivity contribution >= 4 is 21.9 Å². The molecule has 2 rings (SSSR count). The molecule has 1 fully saturated rings. The molecule has 1 aromatic rings. The van der Waals surface area contributed by atoms with Gasteiger partial charge in [-0.1, -0.05) is 0 Å². The fraction of sp³-hybridized carbons (Fsp3) is 0.500. The zero-order valence-corrected chi connectivity index (χ0v) is 9.16. The maximum atomic E-state index is 10.7. The van der Waals surface area contributed by atoms with Crippen LogP contribution in [0.4, 0.5) is 0 Å². The van der Waals surface area contributed by atoms with Gasteiger partial charge in [-0.05, 0) is 46.8 Å². The molecule has 0 aliphatic heterocycles. The molecule has 76 valence electrons. The van der Waals surface area contributed by atoms with Crippen LogP contribution in [0.2, 0.25) is 0 Å². The van der Waals surface area contributed by atoms with Crippen molar-refractivity contribution in [1.82, 2.24) is 0 Å². The number of hydrogen-bond donors (Lipinski definition) is 1. The van der Waals surface area contributed by atoms with Gasteiger partial charge in [0.2, 0.25) is 0 Å². The fourth-order valence-corrected chi connectivity index (χ4v) is 2.03. The van der Waals surface area contributed by atoms with Crippen molar-refractivity contribution in [1.29, 1.82) is 0 Å². The Labute approximate surface area is 90.2 Å². The Morgan fingerprint density at radius 1 is 1.64 bits per heavy atom. The van der Waals surface area contributed by atoms with Gasteiger partial charge in [0.25, 0.3) is 0 Å². The summed E-state index contributed by atoms with van der Waals surface area (Å²) in [4.78, 5) is 10.7. The Morgan fingerprint density at radius 3 is 2.79 bits per heavy atom. The Hall–Kier alpha value is -0.770. The predicted molar refractivity (Wildman–Crippen MR) is 54.1 cm³/mol. The topological polar surface area (TPSA) is 50.4 Å². The van der Waals surface area contributed by atoms with E-state index in [1.165, 1.54) is 0 Å². The molecule has 0 aromatic carbocycles. The molecule has 1 heterocycles. The van der Waals surface area contributed by atoms with E-state index in [4.69, 9.17) is 9.52 Å². The lowest BCUT2D eigenvalue weighted by Crippen LogP contribution is -2.07. The number of halogens is 1. The molecule has 0 spiro atoms. The van der Waals surface area contributed by atoms with Crippen LogP contribution < -0.4 is 0 Å². The maximum absolute atomic E-state index is 10.7. The van der Waals surface area contributed by atoms with E-state index < -0.39 is 5.97 Å². The van der Waals surface area contributed by atoms with Crippen LogP contribution in [-0.2, 0) is 4.79 Å². The normalized spacial score (nSPS) is 18.1. The summed E-state index contributed by atoms with van der Waals surface area (Å²) in [5.74, 6) is 0.596. The molecule has 1 N–H and O–H groups in total. The van der Waals surface area contributed by atoms with Crippen molar-refractivity contribution in [3.63, 3.8) is 0 Å². The zero-order valence-electron chi connectivity index (χ0n) is 7.57. The number of carbonyl (C=O) groups is 1. The molecule has 0 radical (unpaired) electrons. The quantitative estimate of drug-likeness (QED) is 0.904. The van der Waals surface area contributed by atoms with Gasteiger partial charge in [0.15, 0.2) is 4.67 Å². The highest BCUT2D eigenvalue weighted by molar-refractivity contribution is 9.10. The van der Waals surface area contributed by atoms with Gasteiger partial charge in [0.05, 0.1) is 6.42 Å². The summed E-state index contributed by atoms with van der Waals surface area (Å²) in [7, 11) is 0. The van der Waals surface area contributed by atoms with Crippen LogP contribution in [0.25, 0.3) is 0 Å². The standard InChI is InChI=1S/C10H11BrO3/c11-9-4-3-8(14-9)7(5-10(12)13)6-1-2-6/h3-4,6-7H,1-2,5H2,(H,12,13). The number of furan rings is 1. The fourth-order valence-electron chi connectivity index (χ4n) is 1.71. The van der Waals surface area contributed by atoms with Crippen LogP contribution in [0, 0.1) is 5.92 Å². The summed E-state index contributed by atoms with van der Waals surface area (Å²) in [5.41, 5.74) is 0. The molecule has 3 nitrogen and oxygen atoms in total. The third-order valence-electron chi connectivity index (χ3n) is 2.55. The molecule has 14 heavy (non-hydrogen) atoms. The van der Waals surface area contributed by atoms with E-state index in [2.05, 4.69) is 15.9 Å². The first-order valence-electron chi connectivity index (χ1n) is 4.64. The summed E-state index contributed by atoms with van der Waals surface area (Å²) in [6.07, 6.45) is 2.41. The molecule has 0 saturated heterocycles. The molecule has 1 aliphatic rings. The lowest BCUT2D eigenvalue weighted by molar-refractivity contribution is -0.137. The summed E-state index contributed by atoms with van der Waals surface area (Å²) in [6, 6.07) is 3.67. The minimum atomic E-state index is -0.755. The first-order valence-corrected chi connectivity index (χ1v) is 5.43. The lowest BCUT2D eigenvalue weighted by atomic mass is 9.97. The number of aliphatic carboxylic acids is 1. The highest BCUT2D eigenvalue weighted by Crippen LogP contribution is 2.45. The van der Waals surface area contributed by atoms with Gasteiger partial charge in [-0.2, -0.15) is 0 Å². The first kappa shape index (κ1) is 9.77. The summed E-state index contributed by atoms with van der Waals surface area (Å²) >= 11 is 3.22. The average molecular weight is 259 g/mol. The van der Waals surface area contributed by atoms with E-state index in [0.717, 1.165) is 18.6 Å². The van der Waals surface area contributed by atoms with Gasteiger partial charge in [0.1, 0.15) is 5.76 Å². The maximum Gasteiger partial charge on any atom is 0.304 e. The third kappa shape index (κ3) is 2.18. The van der Waals surface area contributed by atoms with Crippen molar-refractivity contribution < 1.29 is 14.3 Å². The molecule has 1 saturated carbocycles. The van der Waals surface area contributed by atoms with E-state index in [-0.39, 0.29) is 12.3 Å².